The lowest BCUT2D eigenvalue weighted by molar-refractivity contribution is 0.223. The third-order valence-electron chi connectivity index (χ3n) is 4.52. The molecule has 5 nitrogen and oxygen atoms in total. The Bertz CT molecular complexity index is 1110. The molecule has 1 atom stereocenters. The van der Waals surface area contributed by atoms with Crippen molar-refractivity contribution in [2.24, 2.45) is 0 Å². The van der Waals surface area contributed by atoms with Crippen LogP contribution >= 0.6 is 0 Å². The Labute approximate surface area is 158 Å². The van der Waals surface area contributed by atoms with E-state index >= 15 is 0 Å². The standard InChI is InChI=1S/C21H18N2O3S/c1-15-8-10-17(11-9-15)27(25,26)23-19-7-3-2-6-18(19)21(24)20(23)13-16-5-4-12-22-14-16/h2-14,21,24H,1H3/b20-13+. The number of hydrogen-bond acceptors (Lipinski definition) is 4. The largest absolute Gasteiger partial charge is 0.382 e. The first-order valence-electron chi connectivity index (χ1n) is 8.49. The van der Waals surface area contributed by atoms with Crippen LogP contribution in [0, 0.1) is 6.92 Å². The first-order valence-corrected chi connectivity index (χ1v) is 9.93. The van der Waals surface area contributed by atoms with Gasteiger partial charge < -0.3 is 5.11 Å². The second kappa shape index (κ2) is 6.64. The van der Waals surface area contributed by atoms with Crippen LogP contribution in [-0.4, -0.2) is 18.5 Å². The van der Waals surface area contributed by atoms with E-state index in [0.29, 0.717) is 16.8 Å². The fraction of sp³-hybridized carbons (Fsp3) is 0.0952. The summed E-state index contributed by atoms with van der Waals surface area (Å²) in [5.41, 5.74) is 2.99. The van der Waals surface area contributed by atoms with E-state index in [1.807, 2.05) is 13.0 Å². The Hall–Kier alpha value is -2.96. The molecule has 2 heterocycles. The molecule has 1 unspecified atom stereocenters. The highest BCUT2D eigenvalue weighted by Gasteiger charge is 2.40. The number of aromatic nitrogens is 1. The predicted octanol–water partition coefficient (Wildman–Crippen LogP) is 3.67. The normalized spacial score (nSPS) is 17.9. The molecule has 1 aromatic heterocycles. The van der Waals surface area contributed by atoms with E-state index in [2.05, 4.69) is 4.98 Å². The summed E-state index contributed by atoms with van der Waals surface area (Å²) in [5.74, 6) is 0. The number of para-hydroxylation sites is 1. The van der Waals surface area contributed by atoms with E-state index in [1.54, 1.807) is 73.1 Å². The number of anilines is 1. The van der Waals surface area contributed by atoms with Gasteiger partial charge in [-0.05, 0) is 42.8 Å². The van der Waals surface area contributed by atoms with Gasteiger partial charge in [-0.15, -0.1) is 0 Å². The van der Waals surface area contributed by atoms with Gasteiger partial charge in [-0.2, -0.15) is 0 Å². The second-order valence-corrected chi connectivity index (χ2v) is 8.19. The Balaban J connectivity index is 1.91. The van der Waals surface area contributed by atoms with Crippen LogP contribution in [0.25, 0.3) is 6.08 Å². The Morgan fingerprint density at radius 2 is 1.78 bits per heavy atom. The molecule has 0 saturated carbocycles. The van der Waals surface area contributed by atoms with Crippen LogP contribution in [0.3, 0.4) is 0 Å². The Kier molecular flexibility index (Phi) is 4.30. The summed E-state index contributed by atoms with van der Waals surface area (Å²) in [5, 5.41) is 10.8. The van der Waals surface area contributed by atoms with Crippen molar-refractivity contribution < 1.29 is 13.5 Å². The molecule has 1 aliphatic heterocycles. The van der Waals surface area contributed by atoms with E-state index in [0.717, 1.165) is 5.56 Å². The molecule has 0 aliphatic carbocycles. The van der Waals surface area contributed by atoms with Crippen molar-refractivity contribution in [2.45, 2.75) is 17.9 Å². The minimum absolute atomic E-state index is 0.175. The number of benzene rings is 2. The molecule has 0 fully saturated rings. The van der Waals surface area contributed by atoms with Gasteiger partial charge in [0.05, 0.1) is 16.3 Å². The minimum atomic E-state index is -3.89. The number of pyridine rings is 1. The molecule has 3 aromatic rings. The molecule has 0 spiro atoms. The highest BCUT2D eigenvalue weighted by Crippen LogP contribution is 2.45. The Morgan fingerprint density at radius 1 is 1.04 bits per heavy atom. The van der Waals surface area contributed by atoms with Gasteiger partial charge in [-0.3, -0.25) is 4.98 Å². The topological polar surface area (TPSA) is 70.5 Å². The molecule has 0 radical (unpaired) electrons. The molecule has 0 saturated heterocycles. The van der Waals surface area contributed by atoms with E-state index in [9.17, 15) is 13.5 Å². The summed E-state index contributed by atoms with van der Waals surface area (Å²) >= 11 is 0. The smallest absolute Gasteiger partial charge is 0.268 e. The zero-order valence-electron chi connectivity index (χ0n) is 14.6. The number of hydrogen-bond donors (Lipinski definition) is 1. The van der Waals surface area contributed by atoms with E-state index in [-0.39, 0.29) is 10.6 Å². The fourth-order valence-corrected chi connectivity index (χ4v) is 4.71. The van der Waals surface area contributed by atoms with Crippen LogP contribution in [0.2, 0.25) is 0 Å². The quantitative estimate of drug-likeness (QED) is 0.755. The van der Waals surface area contributed by atoms with E-state index in [1.165, 1.54) is 4.31 Å². The monoisotopic (exact) mass is 378 g/mol. The average Bonchev–Trinajstić information content (AvgIpc) is 2.96. The molecule has 136 valence electrons. The number of nitrogens with zero attached hydrogens (tertiary/aromatic N) is 2. The van der Waals surface area contributed by atoms with Gasteiger partial charge in [-0.25, -0.2) is 12.7 Å². The fourth-order valence-electron chi connectivity index (χ4n) is 3.17. The van der Waals surface area contributed by atoms with Crippen molar-refractivity contribution in [1.29, 1.82) is 0 Å². The third-order valence-corrected chi connectivity index (χ3v) is 6.28. The minimum Gasteiger partial charge on any atom is -0.382 e. The molecule has 0 amide bonds. The summed E-state index contributed by atoms with van der Waals surface area (Å²) in [6.07, 6.45) is 3.88. The zero-order valence-corrected chi connectivity index (χ0v) is 15.5. The SMILES string of the molecule is Cc1ccc(S(=O)(=O)N2/C(=C/c3cccnc3)C(O)c3ccccc32)cc1. The summed E-state index contributed by atoms with van der Waals surface area (Å²) < 4.78 is 28.1. The first-order chi connectivity index (χ1) is 13.0. The molecule has 6 heteroatoms. The van der Waals surface area contributed by atoms with Gasteiger partial charge in [0, 0.05) is 18.0 Å². The summed E-state index contributed by atoms with van der Waals surface area (Å²) in [4.78, 5) is 4.24. The molecule has 0 bridgehead atoms. The van der Waals surface area contributed by atoms with E-state index in [4.69, 9.17) is 0 Å². The van der Waals surface area contributed by atoms with Gasteiger partial charge in [-0.1, -0.05) is 42.0 Å². The molecule has 27 heavy (non-hydrogen) atoms. The van der Waals surface area contributed by atoms with Crippen molar-refractivity contribution in [1.82, 2.24) is 4.98 Å². The molecule has 4 rings (SSSR count). The summed E-state index contributed by atoms with van der Waals surface area (Å²) in [7, 11) is -3.89. The van der Waals surface area contributed by atoms with Gasteiger partial charge in [0.15, 0.2) is 0 Å². The van der Waals surface area contributed by atoms with Crippen LogP contribution in [0.5, 0.6) is 0 Å². The predicted molar refractivity (Wildman–Crippen MR) is 104 cm³/mol. The number of rotatable bonds is 3. The van der Waals surface area contributed by atoms with Crippen molar-refractivity contribution in [3.8, 4) is 0 Å². The van der Waals surface area contributed by atoms with Crippen LogP contribution in [-0.2, 0) is 10.0 Å². The van der Waals surface area contributed by atoms with Crippen molar-refractivity contribution in [2.75, 3.05) is 4.31 Å². The zero-order chi connectivity index (χ0) is 19.0. The lowest BCUT2D eigenvalue weighted by atomic mass is 10.1. The Morgan fingerprint density at radius 3 is 2.48 bits per heavy atom. The van der Waals surface area contributed by atoms with Crippen LogP contribution in [0.15, 0.2) is 83.6 Å². The van der Waals surface area contributed by atoms with Gasteiger partial charge >= 0.3 is 0 Å². The van der Waals surface area contributed by atoms with Gasteiger partial charge in [0.2, 0.25) is 0 Å². The van der Waals surface area contributed by atoms with Crippen molar-refractivity contribution in [3.63, 3.8) is 0 Å². The highest BCUT2D eigenvalue weighted by atomic mass is 32.2. The lowest BCUT2D eigenvalue weighted by Gasteiger charge is -2.22. The number of aliphatic hydroxyl groups excluding tert-OH is 1. The maximum Gasteiger partial charge on any atom is 0.268 e. The molecular weight excluding hydrogens is 360 g/mol. The maximum atomic E-state index is 13.4. The van der Waals surface area contributed by atoms with Gasteiger partial charge in [0.1, 0.15) is 6.10 Å². The number of fused-ring (bicyclic) bond motifs is 1. The van der Waals surface area contributed by atoms with Crippen LogP contribution in [0.1, 0.15) is 22.8 Å². The van der Waals surface area contributed by atoms with E-state index < -0.39 is 16.1 Å². The van der Waals surface area contributed by atoms with Crippen molar-refractivity contribution >= 4 is 21.8 Å². The van der Waals surface area contributed by atoms with Crippen LogP contribution in [0.4, 0.5) is 5.69 Å². The average molecular weight is 378 g/mol. The lowest BCUT2D eigenvalue weighted by Crippen LogP contribution is -2.28. The third kappa shape index (κ3) is 3.03. The molecule has 1 aliphatic rings. The highest BCUT2D eigenvalue weighted by molar-refractivity contribution is 7.93. The van der Waals surface area contributed by atoms with Crippen molar-refractivity contribution in [3.05, 3.63) is 95.4 Å². The number of aliphatic hydroxyl groups is 1. The second-order valence-electron chi connectivity index (χ2n) is 6.40. The number of aryl methyl sites for hydroxylation is 1. The summed E-state index contributed by atoms with van der Waals surface area (Å²) in [6.45, 7) is 1.90. The number of sulfonamides is 1. The summed E-state index contributed by atoms with van der Waals surface area (Å²) in [6, 6.07) is 17.2. The van der Waals surface area contributed by atoms with Crippen LogP contribution < -0.4 is 4.31 Å². The first kappa shape index (κ1) is 17.5. The molecule has 1 N–H and O–H groups in total. The van der Waals surface area contributed by atoms with Gasteiger partial charge in [0.25, 0.3) is 10.0 Å². The molecular formula is C21H18N2O3S. The molecule has 2 aromatic carbocycles. The maximum absolute atomic E-state index is 13.4.